The van der Waals surface area contributed by atoms with Crippen LogP contribution in [-0.2, 0) is 6.61 Å². The number of aldehydes is 1. The predicted octanol–water partition coefficient (Wildman–Crippen LogP) is 4.89. The van der Waals surface area contributed by atoms with E-state index in [-0.39, 0.29) is 0 Å². The highest BCUT2D eigenvalue weighted by Gasteiger charge is 2.12. The zero-order valence-electron chi connectivity index (χ0n) is 11.4. The van der Waals surface area contributed by atoms with Gasteiger partial charge in [-0.25, -0.2) is 0 Å². The Bertz CT molecular complexity index is 626. The molecule has 0 aliphatic heterocycles. The molecule has 0 unspecified atom stereocenters. The lowest BCUT2D eigenvalue weighted by Gasteiger charge is -2.14. The summed E-state index contributed by atoms with van der Waals surface area (Å²) in [6, 6.07) is 10.8. The highest BCUT2D eigenvalue weighted by atomic mass is 79.9. The summed E-state index contributed by atoms with van der Waals surface area (Å²) in [6.07, 6.45) is 0.774. The molecule has 5 heteroatoms. The van der Waals surface area contributed by atoms with Crippen LogP contribution in [0.15, 0.2) is 40.9 Å². The summed E-state index contributed by atoms with van der Waals surface area (Å²) in [5.74, 6) is 1.13. The molecule has 0 saturated carbocycles. The van der Waals surface area contributed by atoms with E-state index >= 15 is 0 Å². The number of ether oxygens (including phenoxy) is 2. The summed E-state index contributed by atoms with van der Waals surface area (Å²) in [5.41, 5.74) is 1.53. The summed E-state index contributed by atoms with van der Waals surface area (Å²) in [6.45, 7) is 2.76. The first-order chi connectivity index (χ1) is 10.1. The molecule has 0 heterocycles. The summed E-state index contributed by atoms with van der Waals surface area (Å²) in [7, 11) is 0. The Morgan fingerprint density at radius 3 is 2.52 bits per heavy atom. The Morgan fingerprint density at radius 1 is 1.19 bits per heavy atom. The third-order valence-electron chi connectivity index (χ3n) is 2.76. The summed E-state index contributed by atoms with van der Waals surface area (Å²) in [4.78, 5) is 10.9. The standard InChI is InChI=1S/C16H14BrClO3/c1-2-20-15-8-12(9-19)7-14(17)16(15)21-10-11-3-5-13(18)6-4-11/h3-9H,2,10H2,1H3. The SMILES string of the molecule is CCOc1cc(C=O)cc(Br)c1OCc1ccc(Cl)cc1. The van der Waals surface area contributed by atoms with E-state index in [1.54, 1.807) is 12.1 Å². The lowest BCUT2D eigenvalue weighted by Crippen LogP contribution is -2.01. The molecule has 0 aromatic heterocycles. The van der Waals surface area contributed by atoms with Crippen LogP contribution < -0.4 is 9.47 Å². The van der Waals surface area contributed by atoms with Crippen LogP contribution in [0, 0.1) is 0 Å². The number of benzene rings is 2. The number of hydrogen-bond acceptors (Lipinski definition) is 3. The molecule has 0 saturated heterocycles. The minimum Gasteiger partial charge on any atom is -0.490 e. The van der Waals surface area contributed by atoms with Gasteiger partial charge in [-0.1, -0.05) is 23.7 Å². The van der Waals surface area contributed by atoms with Gasteiger partial charge in [-0.05, 0) is 52.7 Å². The largest absolute Gasteiger partial charge is 0.490 e. The van der Waals surface area contributed by atoms with E-state index in [2.05, 4.69) is 15.9 Å². The van der Waals surface area contributed by atoms with Gasteiger partial charge in [-0.2, -0.15) is 0 Å². The molecule has 0 aliphatic carbocycles. The molecule has 3 nitrogen and oxygen atoms in total. The van der Waals surface area contributed by atoms with Crippen LogP contribution in [0.3, 0.4) is 0 Å². The van der Waals surface area contributed by atoms with Gasteiger partial charge in [0, 0.05) is 10.6 Å². The number of halogens is 2. The number of carbonyl (C=O) groups is 1. The van der Waals surface area contributed by atoms with Crippen molar-refractivity contribution in [1.29, 1.82) is 0 Å². The molecule has 2 aromatic rings. The van der Waals surface area contributed by atoms with Crippen molar-refractivity contribution in [1.82, 2.24) is 0 Å². The van der Waals surface area contributed by atoms with E-state index < -0.39 is 0 Å². The summed E-state index contributed by atoms with van der Waals surface area (Å²) < 4.78 is 12.0. The molecule has 0 aliphatic rings. The Labute approximate surface area is 137 Å². The van der Waals surface area contributed by atoms with Crippen molar-refractivity contribution in [2.75, 3.05) is 6.61 Å². The van der Waals surface area contributed by atoms with Crippen molar-refractivity contribution in [3.05, 3.63) is 57.0 Å². The highest BCUT2D eigenvalue weighted by molar-refractivity contribution is 9.10. The minimum atomic E-state index is 0.385. The Kier molecular flexibility index (Phi) is 5.65. The molecule has 0 N–H and O–H groups in total. The number of carbonyl (C=O) groups excluding carboxylic acids is 1. The molecule has 0 spiro atoms. The van der Waals surface area contributed by atoms with Crippen LogP contribution in [0.2, 0.25) is 5.02 Å². The third-order valence-corrected chi connectivity index (χ3v) is 3.61. The van der Waals surface area contributed by atoms with Crippen molar-refractivity contribution in [3.8, 4) is 11.5 Å². The van der Waals surface area contributed by atoms with E-state index in [9.17, 15) is 4.79 Å². The van der Waals surface area contributed by atoms with Crippen molar-refractivity contribution in [2.24, 2.45) is 0 Å². The van der Waals surface area contributed by atoms with Crippen LogP contribution in [0.4, 0.5) is 0 Å². The average Bonchev–Trinajstić information content (AvgIpc) is 2.48. The fraction of sp³-hybridized carbons (Fsp3) is 0.188. The molecular weight excluding hydrogens is 356 g/mol. The summed E-state index contributed by atoms with van der Waals surface area (Å²) in [5, 5.41) is 0.685. The number of rotatable bonds is 6. The zero-order valence-corrected chi connectivity index (χ0v) is 13.8. The van der Waals surface area contributed by atoms with Crippen molar-refractivity contribution in [3.63, 3.8) is 0 Å². The molecular formula is C16H14BrClO3. The molecule has 0 atom stereocenters. The first-order valence-corrected chi connectivity index (χ1v) is 7.60. The van der Waals surface area contributed by atoms with Gasteiger partial charge >= 0.3 is 0 Å². The Balaban J connectivity index is 2.21. The second-order valence-corrected chi connectivity index (χ2v) is 5.59. The highest BCUT2D eigenvalue weighted by Crippen LogP contribution is 2.37. The van der Waals surface area contributed by atoms with Crippen molar-refractivity contribution >= 4 is 33.8 Å². The van der Waals surface area contributed by atoms with E-state index in [4.69, 9.17) is 21.1 Å². The van der Waals surface area contributed by atoms with E-state index in [1.165, 1.54) is 0 Å². The monoisotopic (exact) mass is 368 g/mol. The normalized spacial score (nSPS) is 10.2. The van der Waals surface area contributed by atoms with Gasteiger partial charge in [0.2, 0.25) is 0 Å². The van der Waals surface area contributed by atoms with Crippen LogP contribution in [0.1, 0.15) is 22.8 Å². The van der Waals surface area contributed by atoms with Gasteiger partial charge in [0.15, 0.2) is 11.5 Å². The van der Waals surface area contributed by atoms with Crippen LogP contribution in [0.25, 0.3) is 0 Å². The molecule has 0 amide bonds. The van der Waals surface area contributed by atoms with Gasteiger partial charge in [0.1, 0.15) is 12.9 Å². The van der Waals surface area contributed by atoms with E-state index in [0.717, 1.165) is 11.8 Å². The third kappa shape index (κ3) is 4.22. The molecule has 0 bridgehead atoms. The molecule has 2 aromatic carbocycles. The molecule has 0 radical (unpaired) electrons. The Morgan fingerprint density at radius 2 is 1.90 bits per heavy atom. The predicted molar refractivity (Wildman–Crippen MR) is 86.5 cm³/mol. The van der Waals surface area contributed by atoms with Crippen LogP contribution in [-0.4, -0.2) is 12.9 Å². The lowest BCUT2D eigenvalue weighted by molar-refractivity contribution is 0.112. The van der Waals surface area contributed by atoms with Gasteiger partial charge in [-0.3, -0.25) is 4.79 Å². The van der Waals surface area contributed by atoms with Gasteiger partial charge < -0.3 is 9.47 Å². The molecule has 2 rings (SSSR count). The van der Waals surface area contributed by atoms with Crippen LogP contribution in [0.5, 0.6) is 11.5 Å². The zero-order chi connectivity index (χ0) is 15.2. The Hall–Kier alpha value is -1.52. The average molecular weight is 370 g/mol. The second-order valence-electron chi connectivity index (χ2n) is 4.30. The molecule has 21 heavy (non-hydrogen) atoms. The quantitative estimate of drug-likeness (QED) is 0.680. The van der Waals surface area contributed by atoms with Crippen LogP contribution >= 0.6 is 27.5 Å². The van der Waals surface area contributed by atoms with Gasteiger partial charge in [-0.15, -0.1) is 0 Å². The van der Waals surface area contributed by atoms with Gasteiger partial charge in [0.05, 0.1) is 11.1 Å². The topological polar surface area (TPSA) is 35.5 Å². The maximum Gasteiger partial charge on any atom is 0.175 e. The van der Waals surface area contributed by atoms with Crippen molar-refractivity contribution < 1.29 is 14.3 Å². The van der Waals surface area contributed by atoms with Gasteiger partial charge in [0.25, 0.3) is 0 Å². The van der Waals surface area contributed by atoms with E-state index in [0.29, 0.717) is 39.8 Å². The molecule has 110 valence electrons. The fourth-order valence-corrected chi connectivity index (χ4v) is 2.50. The maximum atomic E-state index is 10.9. The smallest absolute Gasteiger partial charge is 0.175 e. The maximum absolute atomic E-state index is 10.9. The van der Waals surface area contributed by atoms with E-state index in [1.807, 2.05) is 31.2 Å². The second kappa shape index (κ2) is 7.48. The number of hydrogen-bond donors (Lipinski definition) is 0. The minimum absolute atomic E-state index is 0.385. The molecule has 0 fully saturated rings. The summed E-state index contributed by atoms with van der Waals surface area (Å²) >= 11 is 9.26. The fourth-order valence-electron chi connectivity index (χ4n) is 1.80. The first-order valence-electron chi connectivity index (χ1n) is 6.42. The lowest BCUT2D eigenvalue weighted by atomic mass is 10.2. The first kappa shape index (κ1) is 15.9. The van der Waals surface area contributed by atoms with Crippen molar-refractivity contribution in [2.45, 2.75) is 13.5 Å².